The van der Waals surface area contributed by atoms with Gasteiger partial charge in [-0.15, -0.1) is 0 Å². The molecule has 1 saturated heterocycles. The van der Waals surface area contributed by atoms with Crippen molar-refractivity contribution in [1.82, 2.24) is 10.2 Å². The number of rotatable bonds is 2. The van der Waals surface area contributed by atoms with Crippen molar-refractivity contribution in [3.05, 3.63) is 35.4 Å². The summed E-state index contributed by atoms with van der Waals surface area (Å²) in [7, 11) is 0. The summed E-state index contributed by atoms with van der Waals surface area (Å²) < 4.78 is 27.2. The quantitative estimate of drug-likeness (QED) is 0.869. The molecular formula is C18H24F2N2O2. The van der Waals surface area contributed by atoms with E-state index in [1.807, 2.05) is 0 Å². The van der Waals surface area contributed by atoms with E-state index in [0.717, 1.165) is 31.7 Å². The van der Waals surface area contributed by atoms with Gasteiger partial charge in [0.2, 0.25) is 0 Å². The standard InChI is InChI=1S/C18H24F2N2O2/c1-12(14-6-4-7-15(19)16(14)20)21-17(23)22-10-9-18(24)8-3-2-5-13(18)11-22/h4,6-7,12-13,24H,2-3,5,8-11H2,1H3,(H,21,23). The Balaban J connectivity index is 1.64. The lowest BCUT2D eigenvalue weighted by Gasteiger charge is -2.47. The molecule has 2 fully saturated rings. The Morgan fingerprint density at radius 3 is 2.96 bits per heavy atom. The summed E-state index contributed by atoms with van der Waals surface area (Å²) in [5.41, 5.74) is -0.510. The summed E-state index contributed by atoms with van der Waals surface area (Å²) in [5, 5.41) is 13.4. The van der Waals surface area contributed by atoms with Crippen LogP contribution in [0.4, 0.5) is 13.6 Å². The fraction of sp³-hybridized carbons (Fsp3) is 0.611. The highest BCUT2D eigenvalue weighted by Gasteiger charge is 2.43. The second kappa shape index (κ2) is 6.67. The molecule has 1 aliphatic carbocycles. The molecule has 3 rings (SSSR count). The number of nitrogens with one attached hydrogen (secondary N) is 1. The minimum Gasteiger partial charge on any atom is -0.389 e. The first-order valence-corrected chi connectivity index (χ1v) is 8.62. The van der Waals surface area contributed by atoms with Gasteiger partial charge in [-0.05, 0) is 32.3 Å². The molecule has 2 N–H and O–H groups in total. The molecule has 1 aromatic rings. The molecule has 24 heavy (non-hydrogen) atoms. The largest absolute Gasteiger partial charge is 0.389 e. The highest BCUT2D eigenvalue weighted by Crippen LogP contribution is 2.39. The van der Waals surface area contributed by atoms with E-state index in [9.17, 15) is 18.7 Å². The molecule has 1 saturated carbocycles. The zero-order chi connectivity index (χ0) is 17.3. The first kappa shape index (κ1) is 17.1. The van der Waals surface area contributed by atoms with Crippen molar-refractivity contribution in [2.45, 2.75) is 50.7 Å². The van der Waals surface area contributed by atoms with E-state index in [0.29, 0.717) is 19.5 Å². The van der Waals surface area contributed by atoms with Crippen LogP contribution in [0.25, 0.3) is 0 Å². The molecule has 3 atom stereocenters. The lowest BCUT2D eigenvalue weighted by atomic mass is 9.71. The summed E-state index contributed by atoms with van der Waals surface area (Å²) in [5.74, 6) is -1.74. The van der Waals surface area contributed by atoms with Crippen molar-refractivity contribution in [1.29, 1.82) is 0 Å². The van der Waals surface area contributed by atoms with Crippen LogP contribution in [0.3, 0.4) is 0 Å². The minimum absolute atomic E-state index is 0.104. The Bertz CT molecular complexity index is 625. The number of carbonyl (C=O) groups excluding carboxylic acids is 1. The number of amides is 2. The lowest BCUT2D eigenvalue weighted by molar-refractivity contribution is -0.0871. The fourth-order valence-corrected chi connectivity index (χ4v) is 3.96. The zero-order valence-electron chi connectivity index (χ0n) is 13.9. The van der Waals surface area contributed by atoms with Crippen molar-refractivity contribution in [3.8, 4) is 0 Å². The van der Waals surface area contributed by atoms with Crippen LogP contribution in [0.2, 0.25) is 0 Å². The fourth-order valence-electron chi connectivity index (χ4n) is 3.96. The number of carbonyl (C=O) groups is 1. The summed E-state index contributed by atoms with van der Waals surface area (Å²) in [6.45, 7) is 2.63. The van der Waals surface area contributed by atoms with Gasteiger partial charge in [-0.2, -0.15) is 0 Å². The first-order chi connectivity index (χ1) is 11.4. The van der Waals surface area contributed by atoms with Gasteiger partial charge in [0.25, 0.3) is 0 Å². The van der Waals surface area contributed by atoms with Crippen LogP contribution >= 0.6 is 0 Å². The van der Waals surface area contributed by atoms with Gasteiger partial charge in [-0.1, -0.05) is 25.0 Å². The van der Waals surface area contributed by atoms with Gasteiger partial charge in [-0.25, -0.2) is 13.6 Å². The molecule has 2 aliphatic rings. The van der Waals surface area contributed by atoms with E-state index in [2.05, 4.69) is 5.32 Å². The Morgan fingerprint density at radius 2 is 2.17 bits per heavy atom. The number of benzene rings is 1. The normalized spacial score (nSPS) is 28.2. The monoisotopic (exact) mass is 338 g/mol. The molecule has 1 heterocycles. The number of halogens is 2. The average molecular weight is 338 g/mol. The number of hydrogen-bond acceptors (Lipinski definition) is 2. The molecule has 0 spiro atoms. The second-order valence-corrected chi connectivity index (χ2v) is 7.06. The molecule has 0 bridgehead atoms. The van der Waals surface area contributed by atoms with Crippen molar-refractivity contribution < 1.29 is 18.7 Å². The number of nitrogens with zero attached hydrogens (tertiary/aromatic N) is 1. The molecule has 2 amide bonds. The van der Waals surface area contributed by atoms with Crippen molar-refractivity contribution in [3.63, 3.8) is 0 Å². The third-order valence-electron chi connectivity index (χ3n) is 5.50. The van der Waals surface area contributed by atoms with Gasteiger partial charge in [0, 0.05) is 24.6 Å². The van der Waals surface area contributed by atoms with E-state index in [4.69, 9.17) is 0 Å². The first-order valence-electron chi connectivity index (χ1n) is 8.62. The topological polar surface area (TPSA) is 52.6 Å². The van der Waals surface area contributed by atoms with Gasteiger partial charge in [0.15, 0.2) is 11.6 Å². The van der Waals surface area contributed by atoms with Gasteiger partial charge in [0.1, 0.15) is 0 Å². The highest BCUT2D eigenvalue weighted by atomic mass is 19.2. The van der Waals surface area contributed by atoms with Crippen LogP contribution in [-0.2, 0) is 0 Å². The Hall–Kier alpha value is -1.69. The molecule has 3 unspecified atom stereocenters. The molecule has 0 aromatic heterocycles. The predicted molar refractivity (Wildman–Crippen MR) is 86.4 cm³/mol. The Kier molecular flexibility index (Phi) is 4.76. The zero-order valence-corrected chi connectivity index (χ0v) is 13.9. The maximum absolute atomic E-state index is 13.8. The van der Waals surface area contributed by atoms with Gasteiger partial charge in [-0.3, -0.25) is 0 Å². The predicted octanol–water partition coefficient (Wildman–Crippen LogP) is 3.36. The number of hydrogen-bond donors (Lipinski definition) is 2. The molecular weight excluding hydrogens is 314 g/mol. The summed E-state index contributed by atoms with van der Waals surface area (Å²) in [6, 6.07) is 3.04. The summed E-state index contributed by atoms with van der Waals surface area (Å²) in [4.78, 5) is 14.2. The number of aliphatic hydroxyl groups is 1. The lowest BCUT2D eigenvalue weighted by Crippen LogP contribution is -2.56. The summed E-state index contributed by atoms with van der Waals surface area (Å²) in [6.07, 6.45) is 4.42. The van der Waals surface area contributed by atoms with Gasteiger partial charge in [0.05, 0.1) is 11.6 Å². The third kappa shape index (κ3) is 3.24. The minimum atomic E-state index is -0.925. The number of piperidine rings is 1. The molecule has 1 aliphatic heterocycles. The second-order valence-electron chi connectivity index (χ2n) is 7.06. The van der Waals surface area contributed by atoms with Crippen molar-refractivity contribution >= 4 is 6.03 Å². The van der Waals surface area contributed by atoms with E-state index in [1.165, 1.54) is 12.1 Å². The van der Waals surface area contributed by atoms with E-state index >= 15 is 0 Å². The van der Waals surface area contributed by atoms with Crippen LogP contribution < -0.4 is 5.32 Å². The van der Waals surface area contributed by atoms with Gasteiger partial charge >= 0.3 is 6.03 Å². The number of likely N-dealkylation sites (tertiary alicyclic amines) is 1. The van der Waals surface area contributed by atoms with Crippen LogP contribution in [-0.4, -0.2) is 34.7 Å². The van der Waals surface area contributed by atoms with Crippen molar-refractivity contribution in [2.75, 3.05) is 13.1 Å². The van der Waals surface area contributed by atoms with Crippen LogP contribution in [0, 0.1) is 17.6 Å². The van der Waals surface area contributed by atoms with Crippen LogP contribution in [0.15, 0.2) is 18.2 Å². The van der Waals surface area contributed by atoms with E-state index in [-0.39, 0.29) is 17.5 Å². The average Bonchev–Trinajstić information content (AvgIpc) is 2.56. The molecule has 1 aromatic carbocycles. The van der Waals surface area contributed by atoms with E-state index < -0.39 is 23.3 Å². The highest BCUT2D eigenvalue weighted by molar-refractivity contribution is 5.75. The maximum Gasteiger partial charge on any atom is 0.317 e. The van der Waals surface area contributed by atoms with Crippen LogP contribution in [0.5, 0.6) is 0 Å². The molecule has 0 radical (unpaired) electrons. The SMILES string of the molecule is CC(NC(=O)N1CCC2(O)CCCCC2C1)c1cccc(F)c1F. The maximum atomic E-state index is 13.8. The molecule has 132 valence electrons. The summed E-state index contributed by atoms with van der Waals surface area (Å²) >= 11 is 0. The van der Waals surface area contributed by atoms with Crippen LogP contribution in [0.1, 0.15) is 50.6 Å². The van der Waals surface area contributed by atoms with Gasteiger partial charge < -0.3 is 15.3 Å². The molecule has 4 nitrogen and oxygen atoms in total. The third-order valence-corrected chi connectivity index (χ3v) is 5.50. The number of urea groups is 1. The smallest absolute Gasteiger partial charge is 0.317 e. The van der Waals surface area contributed by atoms with Crippen molar-refractivity contribution in [2.24, 2.45) is 5.92 Å². The number of fused-ring (bicyclic) bond motifs is 1. The Labute approximate surface area is 140 Å². The Morgan fingerprint density at radius 1 is 1.38 bits per heavy atom. The van der Waals surface area contributed by atoms with E-state index in [1.54, 1.807) is 11.8 Å². The molecule has 6 heteroatoms.